The lowest BCUT2D eigenvalue weighted by Crippen LogP contribution is -2.55. The highest BCUT2D eigenvalue weighted by Gasteiger charge is 2.29. The quantitative estimate of drug-likeness (QED) is 0.421. The molecule has 9 heteroatoms. The Bertz CT molecular complexity index is 973. The van der Waals surface area contributed by atoms with Crippen molar-refractivity contribution >= 4 is 23.9 Å². The van der Waals surface area contributed by atoms with Crippen LogP contribution in [-0.4, -0.2) is 53.2 Å². The number of ether oxygens (including phenoxy) is 1. The molecule has 0 radical (unpaired) electrons. The van der Waals surface area contributed by atoms with E-state index in [1.54, 1.807) is 45.0 Å². The summed E-state index contributed by atoms with van der Waals surface area (Å²) in [6, 6.07) is 16.0. The highest BCUT2D eigenvalue weighted by Crippen LogP contribution is 2.10. The zero-order valence-corrected chi connectivity index (χ0v) is 19.5. The molecule has 0 fully saturated rings. The Hall–Kier alpha value is -3.88. The van der Waals surface area contributed by atoms with Gasteiger partial charge in [0, 0.05) is 12.8 Å². The fraction of sp³-hybridized carbons (Fsp3) is 0.360. The Morgan fingerprint density at radius 2 is 1.26 bits per heavy atom. The molecule has 0 aliphatic heterocycles. The minimum absolute atomic E-state index is 0.141. The molecule has 0 heterocycles. The zero-order valence-electron chi connectivity index (χ0n) is 19.5. The van der Waals surface area contributed by atoms with Crippen LogP contribution in [0, 0.1) is 0 Å². The molecule has 34 heavy (non-hydrogen) atoms. The minimum atomic E-state index is -1.20. The third-order valence-corrected chi connectivity index (χ3v) is 4.62. The van der Waals surface area contributed by atoms with Crippen LogP contribution in [0.5, 0.6) is 0 Å². The van der Waals surface area contributed by atoms with E-state index in [0.29, 0.717) is 0 Å². The van der Waals surface area contributed by atoms with Gasteiger partial charge in [-0.3, -0.25) is 14.4 Å². The van der Waals surface area contributed by atoms with Crippen LogP contribution in [-0.2, 0) is 32.0 Å². The van der Waals surface area contributed by atoms with Gasteiger partial charge in [0.25, 0.3) is 0 Å². The summed E-state index contributed by atoms with van der Waals surface area (Å²) in [6.07, 6.45) is -0.456. The van der Waals surface area contributed by atoms with Crippen LogP contribution in [0.25, 0.3) is 0 Å². The van der Waals surface area contributed by atoms with Crippen molar-refractivity contribution in [2.24, 2.45) is 0 Å². The predicted octanol–water partition coefficient (Wildman–Crippen LogP) is 2.05. The first-order chi connectivity index (χ1) is 16.0. The highest BCUT2D eigenvalue weighted by atomic mass is 16.6. The van der Waals surface area contributed by atoms with Crippen molar-refractivity contribution in [2.45, 2.75) is 51.3 Å². The first-order valence-electron chi connectivity index (χ1n) is 10.9. The Morgan fingerprint density at radius 1 is 0.794 bits per heavy atom. The number of carboxylic acid groups (broad SMARTS) is 1. The second kappa shape index (κ2) is 12.4. The number of alkyl carbamates (subject to hydrolysis) is 1. The smallest absolute Gasteiger partial charge is 0.408 e. The summed E-state index contributed by atoms with van der Waals surface area (Å²) in [6.45, 7) is 4.55. The number of hydrogen-bond acceptors (Lipinski definition) is 5. The van der Waals surface area contributed by atoms with Gasteiger partial charge in [-0.2, -0.15) is 0 Å². The molecule has 4 N–H and O–H groups in total. The molecular weight excluding hydrogens is 438 g/mol. The molecule has 2 rings (SSSR count). The molecule has 0 aliphatic carbocycles. The Balaban J connectivity index is 2.21. The number of carbonyl (C=O) groups is 4. The van der Waals surface area contributed by atoms with Gasteiger partial charge >= 0.3 is 12.1 Å². The Morgan fingerprint density at radius 3 is 1.71 bits per heavy atom. The van der Waals surface area contributed by atoms with E-state index in [1.165, 1.54) is 0 Å². The number of benzene rings is 2. The van der Waals surface area contributed by atoms with Gasteiger partial charge in [-0.25, -0.2) is 4.79 Å². The van der Waals surface area contributed by atoms with Gasteiger partial charge in [0.1, 0.15) is 24.2 Å². The molecule has 2 atom stereocenters. The Labute approximate surface area is 198 Å². The van der Waals surface area contributed by atoms with Gasteiger partial charge < -0.3 is 25.8 Å². The van der Waals surface area contributed by atoms with E-state index in [9.17, 15) is 19.2 Å². The first kappa shape index (κ1) is 26.4. The van der Waals surface area contributed by atoms with Crippen LogP contribution < -0.4 is 16.0 Å². The second-order valence-corrected chi connectivity index (χ2v) is 8.75. The van der Waals surface area contributed by atoms with Crippen molar-refractivity contribution < 1.29 is 29.0 Å². The van der Waals surface area contributed by atoms with Gasteiger partial charge in [0.15, 0.2) is 0 Å². The number of rotatable bonds is 10. The average Bonchev–Trinajstić information content (AvgIpc) is 2.76. The van der Waals surface area contributed by atoms with E-state index in [1.807, 2.05) is 36.4 Å². The summed E-state index contributed by atoms with van der Waals surface area (Å²) in [5.41, 5.74) is 0.816. The lowest BCUT2D eigenvalue weighted by molar-refractivity contribution is -0.138. The van der Waals surface area contributed by atoms with E-state index >= 15 is 0 Å². The van der Waals surface area contributed by atoms with Crippen LogP contribution in [0.15, 0.2) is 60.7 Å². The molecule has 182 valence electrons. The van der Waals surface area contributed by atoms with Crippen LogP contribution in [0.2, 0.25) is 0 Å². The lowest BCUT2D eigenvalue weighted by atomic mass is 10.0. The number of carbonyl (C=O) groups excluding carboxylic acids is 3. The van der Waals surface area contributed by atoms with Crippen molar-refractivity contribution in [3.63, 3.8) is 0 Å². The molecule has 0 saturated carbocycles. The van der Waals surface area contributed by atoms with E-state index in [-0.39, 0.29) is 12.8 Å². The molecule has 0 saturated heterocycles. The average molecular weight is 470 g/mol. The molecular formula is C25H31N3O6. The van der Waals surface area contributed by atoms with Crippen LogP contribution in [0.3, 0.4) is 0 Å². The third kappa shape index (κ3) is 9.72. The molecule has 1 unspecified atom stereocenters. The van der Waals surface area contributed by atoms with Crippen LogP contribution >= 0.6 is 0 Å². The molecule has 0 spiro atoms. The normalized spacial score (nSPS) is 12.7. The maximum atomic E-state index is 13.2. The molecule has 3 amide bonds. The topological polar surface area (TPSA) is 134 Å². The third-order valence-electron chi connectivity index (χ3n) is 4.62. The molecule has 9 nitrogen and oxygen atoms in total. The minimum Gasteiger partial charge on any atom is -0.480 e. The summed E-state index contributed by atoms with van der Waals surface area (Å²) in [7, 11) is 0. The molecule has 0 aliphatic rings. The first-order valence-corrected chi connectivity index (χ1v) is 10.9. The SMILES string of the molecule is CC(C)(C)OC(=O)N[C@H](Cc1ccccc1)C(=O)NC(Cc1ccccc1)C(=O)NCC(=O)O. The van der Waals surface area contributed by atoms with Gasteiger partial charge in [-0.05, 0) is 31.9 Å². The maximum Gasteiger partial charge on any atom is 0.408 e. The Kier molecular flexibility index (Phi) is 9.61. The van der Waals surface area contributed by atoms with Gasteiger partial charge in [-0.1, -0.05) is 60.7 Å². The second-order valence-electron chi connectivity index (χ2n) is 8.75. The highest BCUT2D eigenvalue weighted by molar-refractivity contribution is 5.92. The summed E-state index contributed by atoms with van der Waals surface area (Å²) in [4.78, 5) is 49.2. The summed E-state index contributed by atoms with van der Waals surface area (Å²) >= 11 is 0. The van der Waals surface area contributed by atoms with E-state index in [2.05, 4.69) is 16.0 Å². The monoisotopic (exact) mass is 469 g/mol. The number of nitrogens with one attached hydrogen (secondary N) is 3. The van der Waals surface area contributed by atoms with E-state index < -0.39 is 48.1 Å². The molecule has 2 aromatic rings. The van der Waals surface area contributed by atoms with Crippen LogP contribution in [0.4, 0.5) is 4.79 Å². The van der Waals surface area contributed by atoms with E-state index in [0.717, 1.165) is 11.1 Å². The summed E-state index contributed by atoms with van der Waals surface area (Å²) in [5.74, 6) is -2.44. The number of amides is 3. The van der Waals surface area contributed by atoms with Crippen molar-refractivity contribution in [3.8, 4) is 0 Å². The van der Waals surface area contributed by atoms with E-state index in [4.69, 9.17) is 9.84 Å². The van der Waals surface area contributed by atoms with Crippen molar-refractivity contribution in [3.05, 3.63) is 71.8 Å². The van der Waals surface area contributed by atoms with Crippen molar-refractivity contribution in [1.29, 1.82) is 0 Å². The maximum absolute atomic E-state index is 13.2. The molecule has 2 aromatic carbocycles. The lowest BCUT2D eigenvalue weighted by Gasteiger charge is -2.25. The number of hydrogen-bond donors (Lipinski definition) is 4. The fourth-order valence-corrected chi connectivity index (χ4v) is 3.13. The van der Waals surface area contributed by atoms with Gasteiger partial charge in [0.05, 0.1) is 0 Å². The summed E-state index contributed by atoms with van der Waals surface area (Å²) in [5, 5.41) is 16.4. The van der Waals surface area contributed by atoms with Crippen molar-refractivity contribution in [1.82, 2.24) is 16.0 Å². The summed E-state index contributed by atoms with van der Waals surface area (Å²) < 4.78 is 5.29. The molecule has 0 aromatic heterocycles. The van der Waals surface area contributed by atoms with Crippen molar-refractivity contribution in [2.75, 3.05) is 6.54 Å². The predicted molar refractivity (Wildman–Crippen MR) is 126 cm³/mol. The fourth-order valence-electron chi connectivity index (χ4n) is 3.13. The van der Waals surface area contributed by atoms with Gasteiger partial charge in [-0.15, -0.1) is 0 Å². The van der Waals surface area contributed by atoms with Gasteiger partial charge in [0.2, 0.25) is 11.8 Å². The number of carboxylic acids is 1. The largest absolute Gasteiger partial charge is 0.480 e. The zero-order chi connectivity index (χ0) is 25.1. The standard InChI is InChI=1S/C25H31N3O6/c1-25(2,3)34-24(33)28-20(15-18-12-8-5-9-13-18)23(32)27-19(22(31)26-16-21(29)30)14-17-10-6-4-7-11-17/h4-13,19-20H,14-16H2,1-3H3,(H,26,31)(H,27,32)(H,28,33)(H,29,30)/t19?,20-/m1/s1. The molecule has 0 bridgehead atoms. The number of aliphatic carboxylic acids is 1. The van der Waals surface area contributed by atoms with Crippen LogP contribution in [0.1, 0.15) is 31.9 Å².